The van der Waals surface area contributed by atoms with Crippen LogP contribution < -0.4 is 15.8 Å². The Labute approximate surface area is 161 Å². The minimum absolute atomic E-state index is 0.221. The van der Waals surface area contributed by atoms with Crippen molar-refractivity contribution in [3.63, 3.8) is 0 Å². The summed E-state index contributed by atoms with van der Waals surface area (Å²) in [6, 6.07) is 10.7. The third-order valence-corrected chi connectivity index (χ3v) is 4.38. The number of nitrogens with two attached hydrogens (primary N) is 1. The molecule has 0 aliphatic carbocycles. The average Bonchev–Trinajstić information content (AvgIpc) is 3.02. The number of nitrogens with one attached hydrogen (secondary N) is 1. The van der Waals surface area contributed by atoms with E-state index < -0.39 is 24.0 Å². The Morgan fingerprint density at radius 1 is 1.32 bits per heavy atom. The lowest BCUT2D eigenvalue weighted by Gasteiger charge is -2.24. The number of aliphatic hydroxyl groups excluding tert-OH is 1. The topological polar surface area (TPSA) is 132 Å². The minimum atomic E-state index is -1.58. The molecule has 2 heterocycles. The SMILES string of the molecule is Cn1nc2ccc(OCc3ccccn3)cc2c1C(=O)NC(C)(CO)C(N)=O. The fraction of sp³-hybridized carbons (Fsp3) is 0.263. The number of rotatable bonds is 7. The van der Waals surface area contributed by atoms with Crippen LogP contribution in [-0.2, 0) is 18.4 Å². The second kappa shape index (κ2) is 7.65. The van der Waals surface area contributed by atoms with Gasteiger partial charge in [0.25, 0.3) is 5.91 Å². The number of fused-ring (bicyclic) bond motifs is 1. The number of nitrogens with zero attached hydrogens (tertiary/aromatic N) is 3. The number of benzene rings is 1. The molecule has 1 unspecified atom stereocenters. The number of primary amides is 1. The summed E-state index contributed by atoms with van der Waals surface area (Å²) in [6.07, 6.45) is 1.68. The Morgan fingerprint density at radius 2 is 2.11 bits per heavy atom. The Balaban J connectivity index is 1.89. The summed E-state index contributed by atoms with van der Waals surface area (Å²) in [4.78, 5) is 28.5. The number of ether oxygens (including phenoxy) is 1. The zero-order valence-corrected chi connectivity index (χ0v) is 15.5. The molecule has 28 heavy (non-hydrogen) atoms. The normalized spacial score (nSPS) is 13.1. The molecule has 0 spiro atoms. The van der Waals surface area contributed by atoms with Crippen LogP contribution in [0.25, 0.3) is 10.9 Å². The zero-order valence-electron chi connectivity index (χ0n) is 15.5. The summed E-state index contributed by atoms with van der Waals surface area (Å²) in [6.45, 7) is 1.01. The summed E-state index contributed by atoms with van der Waals surface area (Å²) in [5.41, 5.74) is 5.29. The monoisotopic (exact) mass is 383 g/mol. The number of pyridine rings is 1. The first kappa shape index (κ1) is 19.3. The van der Waals surface area contributed by atoms with Crippen molar-refractivity contribution in [2.45, 2.75) is 19.1 Å². The van der Waals surface area contributed by atoms with Crippen LogP contribution in [0.1, 0.15) is 23.1 Å². The molecular formula is C19H21N5O4. The van der Waals surface area contributed by atoms with E-state index in [1.807, 2.05) is 18.2 Å². The van der Waals surface area contributed by atoms with Crippen LogP contribution >= 0.6 is 0 Å². The van der Waals surface area contributed by atoms with Gasteiger partial charge in [0.2, 0.25) is 5.91 Å². The largest absolute Gasteiger partial charge is 0.487 e. The van der Waals surface area contributed by atoms with Crippen molar-refractivity contribution in [1.82, 2.24) is 20.1 Å². The quantitative estimate of drug-likeness (QED) is 0.545. The first-order valence-electron chi connectivity index (χ1n) is 8.57. The van der Waals surface area contributed by atoms with Crippen molar-refractivity contribution < 1.29 is 19.4 Å². The molecular weight excluding hydrogens is 362 g/mol. The minimum Gasteiger partial charge on any atom is -0.487 e. The molecule has 0 radical (unpaired) electrons. The van der Waals surface area contributed by atoms with Crippen molar-refractivity contribution in [3.8, 4) is 5.75 Å². The lowest BCUT2D eigenvalue weighted by Crippen LogP contribution is -2.58. The van der Waals surface area contributed by atoms with Crippen molar-refractivity contribution in [1.29, 1.82) is 0 Å². The maximum atomic E-state index is 12.8. The molecule has 1 aromatic carbocycles. The van der Waals surface area contributed by atoms with Crippen molar-refractivity contribution >= 4 is 22.7 Å². The Morgan fingerprint density at radius 3 is 2.75 bits per heavy atom. The third-order valence-electron chi connectivity index (χ3n) is 4.38. The van der Waals surface area contributed by atoms with Gasteiger partial charge in [-0.25, -0.2) is 0 Å². The highest BCUT2D eigenvalue weighted by Gasteiger charge is 2.33. The first-order chi connectivity index (χ1) is 13.3. The molecule has 0 aliphatic heterocycles. The summed E-state index contributed by atoms with van der Waals surface area (Å²) in [5.74, 6) is -0.878. The van der Waals surface area contributed by atoms with Gasteiger partial charge in [-0.3, -0.25) is 19.3 Å². The van der Waals surface area contributed by atoms with E-state index in [4.69, 9.17) is 10.5 Å². The third kappa shape index (κ3) is 3.79. The second-order valence-electron chi connectivity index (χ2n) is 6.57. The number of carbonyl (C=O) groups is 2. The molecule has 0 bridgehead atoms. The zero-order chi connectivity index (χ0) is 20.3. The summed E-state index contributed by atoms with van der Waals surface area (Å²) in [7, 11) is 1.61. The van der Waals surface area contributed by atoms with Gasteiger partial charge in [0.15, 0.2) is 0 Å². The second-order valence-corrected chi connectivity index (χ2v) is 6.57. The number of aliphatic hydroxyl groups is 1. The van der Waals surface area contributed by atoms with Gasteiger partial charge < -0.3 is 20.9 Å². The standard InChI is InChI=1S/C19H21N5O4/c1-19(11-25,18(20)27)22-17(26)16-14-9-13(6-7-15(14)23-24(16)2)28-10-12-5-3-4-8-21-12/h3-9,25H,10-11H2,1-2H3,(H2,20,27)(H,22,26). The molecule has 0 saturated carbocycles. The van der Waals surface area contributed by atoms with Crippen LogP contribution in [0, 0.1) is 0 Å². The molecule has 4 N–H and O–H groups in total. The molecule has 1 atom stereocenters. The van der Waals surface area contributed by atoms with Crippen LogP contribution in [0.2, 0.25) is 0 Å². The molecule has 2 amide bonds. The maximum Gasteiger partial charge on any atom is 0.271 e. The van der Waals surface area contributed by atoms with E-state index in [0.717, 1.165) is 5.69 Å². The van der Waals surface area contributed by atoms with Gasteiger partial charge in [0.05, 0.1) is 17.8 Å². The predicted molar refractivity (Wildman–Crippen MR) is 101 cm³/mol. The van der Waals surface area contributed by atoms with Crippen LogP contribution in [0.4, 0.5) is 0 Å². The van der Waals surface area contributed by atoms with Crippen LogP contribution in [0.15, 0.2) is 42.6 Å². The van der Waals surface area contributed by atoms with Crippen molar-refractivity contribution in [2.24, 2.45) is 12.8 Å². The van der Waals surface area contributed by atoms with Crippen molar-refractivity contribution in [2.75, 3.05) is 6.61 Å². The molecule has 146 valence electrons. The molecule has 3 rings (SSSR count). The Hall–Kier alpha value is -3.46. The van der Waals surface area contributed by atoms with Gasteiger partial charge in [-0.2, -0.15) is 5.10 Å². The van der Waals surface area contributed by atoms with Crippen molar-refractivity contribution in [3.05, 3.63) is 54.0 Å². The predicted octanol–water partition coefficient (Wildman–Crippen LogP) is 0.513. The molecule has 3 aromatic rings. The van der Waals surface area contributed by atoms with E-state index in [-0.39, 0.29) is 12.3 Å². The van der Waals surface area contributed by atoms with Gasteiger partial charge in [0, 0.05) is 18.6 Å². The fourth-order valence-corrected chi connectivity index (χ4v) is 2.67. The number of carbonyl (C=O) groups excluding carboxylic acids is 2. The van der Waals surface area contributed by atoms with Gasteiger partial charge in [-0.1, -0.05) is 6.07 Å². The Bertz CT molecular complexity index is 1020. The average molecular weight is 383 g/mol. The summed E-state index contributed by atoms with van der Waals surface area (Å²) < 4.78 is 7.16. The summed E-state index contributed by atoms with van der Waals surface area (Å²) >= 11 is 0. The van der Waals surface area contributed by atoms with E-state index in [1.165, 1.54) is 11.6 Å². The maximum absolute atomic E-state index is 12.8. The molecule has 9 heteroatoms. The Kier molecular flexibility index (Phi) is 5.27. The number of hydrogen-bond donors (Lipinski definition) is 3. The smallest absolute Gasteiger partial charge is 0.271 e. The van der Waals surface area contributed by atoms with Gasteiger partial charge >= 0.3 is 0 Å². The first-order valence-corrected chi connectivity index (χ1v) is 8.57. The van der Waals surface area contributed by atoms with Gasteiger partial charge in [-0.05, 0) is 37.3 Å². The van der Waals surface area contributed by atoms with Crippen LogP contribution in [-0.4, -0.2) is 43.8 Å². The van der Waals surface area contributed by atoms with Crippen LogP contribution in [0.5, 0.6) is 5.75 Å². The summed E-state index contributed by atoms with van der Waals surface area (Å²) in [5, 5.41) is 16.8. The number of hydrogen-bond acceptors (Lipinski definition) is 6. The highest BCUT2D eigenvalue weighted by atomic mass is 16.5. The molecule has 9 nitrogen and oxygen atoms in total. The lowest BCUT2D eigenvalue weighted by atomic mass is 10.0. The van der Waals surface area contributed by atoms with Gasteiger partial charge in [0.1, 0.15) is 23.6 Å². The number of aromatic nitrogens is 3. The van der Waals surface area contributed by atoms with E-state index >= 15 is 0 Å². The van der Waals surface area contributed by atoms with E-state index in [2.05, 4.69) is 15.4 Å². The molecule has 0 fully saturated rings. The number of amides is 2. The van der Waals surface area contributed by atoms with Crippen LogP contribution in [0.3, 0.4) is 0 Å². The fourth-order valence-electron chi connectivity index (χ4n) is 2.67. The number of aryl methyl sites for hydroxylation is 1. The highest BCUT2D eigenvalue weighted by Crippen LogP contribution is 2.24. The highest BCUT2D eigenvalue weighted by molar-refractivity contribution is 6.07. The van der Waals surface area contributed by atoms with E-state index in [0.29, 0.717) is 16.7 Å². The van der Waals surface area contributed by atoms with E-state index in [1.54, 1.807) is 31.4 Å². The lowest BCUT2D eigenvalue weighted by molar-refractivity contribution is -0.124. The van der Waals surface area contributed by atoms with E-state index in [9.17, 15) is 14.7 Å². The molecule has 0 aliphatic rings. The molecule has 0 saturated heterocycles. The molecule has 2 aromatic heterocycles. The van der Waals surface area contributed by atoms with Gasteiger partial charge in [-0.15, -0.1) is 0 Å².